The normalized spacial score (nSPS) is 15.4. The molecule has 2 N–H and O–H groups in total. The average molecular weight is 296 g/mol. The summed E-state index contributed by atoms with van der Waals surface area (Å²) in [6.45, 7) is 2.64. The molecular weight excluding hydrogens is 282 g/mol. The van der Waals surface area contributed by atoms with Crippen molar-refractivity contribution in [1.82, 2.24) is 0 Å². The van der Waals surface area contributed by atoms with Gasteiger partial charge >= 0.3 is 0 Å². The predicted molar refractivity (Wildman–Crippen MR) is 67.0 cm³/mol. The van der Waals surface area contributed by atoms with Gasteiger partial charge in [-0.25, -0.2) is 0 Å². The zero-order valence-corrected chi connectivity index (χ0v) is 11.3. The van der Waals surface area contributed by atoms with Crippen molar-refractivity contribution in [3.05, 3.63) is 20.8 Å². The summed E-state index contributed by atoms with van der Waals surface area (Å²) in [5, 5.41) is 0. The van der Waals surface area contributed by atoms with Crippen molar-refractivity contribution in [2.45, 2.75) is 12.7 Å². The molecule has 5 heteroatoms. The summed E-state index contributed by atoms with van der Waals surface area (Å²) < 4.78 is 12.7. The second kappa shape index (κ2) is 6.00. The summed E-state index contributed by atoms with van der Waals surface area (Å²) in [6.07, 6.45) is 0. The van der Waals surface area contributed by atoms with Crippen molar-refractivity contribution in [2.75, 3.05) is 12.3 Å². The van der Waals surface area contributed by atoms with Gasteiger partial charge in [0.25, 0.3) is 0 Å². The predicted octanol–water partition coefficient (Wildman–Crippen LogP) is 2.35. The monoisotopic (exact) mass is 295 g/mol. The molecule has 0 aliphatic heterocycles. The zero-order valence-electron chi connectivity index (χ0n) is 8.03. The molecule has 2 atom stereocenters. The van der Waals surface area contributed by atoms with Crippen LogP contribution in [0.2, 0.25) is 0 Å². The molecule has 80 valence electrons. The minimum Gasteiger partial charge on any atom is -0.330 e. The van der Waals surface area contributed by atoms with Crippen LogP contribution in [0, 0.1) is 5.92 Å². The Bertz CT molecular complexity index is 314. The summed E-state index contributed by atoms with van der Waals surface area (Å²) >= 11 is 5.03. The van der Waals surface area contributed by atoms with Crippen LogP contribution in [-0.2, 0) is 16.6 Å². The molecule has 0 saturated carbocycles. The van der Waals surface area contributed by atoms with Gasteiger partial charge in [0, 0.05) is 21.4 Å². The molecule has 0 aliphatic rings. The van der Waals surface area contributed by atoms with Crippen LogP contribution in [0.15, 0.2) is 15.9 Å². The third-order valence-electron chi connectivity index (χ3n) is 1.80. The minimum atomic E-state index is -0.778. The molecule has 0 spiro atoms. The molecule has 0 radical (unpaired) electrons. The van der Waals surface area contributed by atoms with E-state index < -0.39 is 10.8 Å². The molecule has 1 aromatic rings. The highest BCUT2D eigenvalue weighted by atomic mass is 79.9. The third-order valence-corrected chi connectivity index (χ3v) is 5.19. The number of thiophene rings is 1. The summed E-state index contributed by atoms with van der Waals surface area (Å²) in [6, 6.07) is 4.00. The number of hydrogen-bond acceptors (Lipinski definition) is 3. The zero-order chi connectivity index (χ0) is 10.6. The maximum Gasteiger partial charge on any atom is 0.0701 e. The Morgan fingerprint density at radius 2 is 2.36 bits per heavy atom. The Labute approximate surface area is 99.5 Å². The van der Waals surface area contributed by atoms with Crippen LogP contribution in [0.4, 0.5) is 0 Å². The fraction of sp³-hybridized carbons (Fsp3) is 0.556. The van der Waals surface area contributed by atoms with E-state index in [9.17, 15) is 4.21 Å². The summed E-state index contributed by atoms with van der Waals surface area (Å²) in [5.74, 6) is 1.70. The fourth-order valence-electron chi connectivity index (χ4n) is 1.03. The molecular formula is C9H14BrNOS2. The van der Waals surface area contributed by atoms with Crippen molar-refractivity contribution in [3.8, 4) is 0 Å². The first-order valence-electron chi connectivity index (χ1n) is 4.41. The van der Waals surface area contributed by atoms with Crippen LogP contribution in [-0.4, -0.2) is 16.5 Å². The van der Waals surface area contributed by atoms with Crippen LogP contribution in [0.25, 0.3) is 0 Å². The van der Waals surface area contributed by atoms with Crippen molar-refractivity contribution >= 4 is 38.1 Å². The van der Waals surface area contributed by atoms with Crippen molar-refractivity contribution in [1.29, 1.82) is 0 Å². The SMILES string of the molecule is CC(CN)CS(=O)Cc1ccc(Br)s1. The van der Waals surface area contributed by atoms with E-state index >= 15 is 0 Å². The molecule has 14 heavy (non-hydrogen) atoms. The molecule has 0 fully saturated rings. The Hall–Kier alpha value is 0.290. The van der Waals surface area contributed by atoms with Crippen molar-refractivity contribution in [3.63, 3.8) is 0 Å². The Morgan fingerprint density at radius 1 is 1.64 bits per heavy atom. The van der Waals surface area contributed by atoms with Gasteiger partial charge in [-0.15, -0.1) is 11.3 Å². The van der Waals surface area contributed by atoms with E-state index in [2.05, 4.69) is 15.9 Å². The Balaban J connectivity index is 2.41. The molecule has 0 aromatic carbocycles. The lowest BCUT2D eigenvalue weighted by Gasteiger charge is -2.06. The molecule has 0 amide bonds. The van der Waals surface area contributed by atoms with Gasteiger partial charge in [-0.3, -0.25) is 4.21 Å². The molecule has 1 rings (SSSR count). The lowest BCUT2D eigenvalue weighted by molar-refractivity contribution is 0.640. The van der Waals surface area contributed by atoms with Gasteiger partial charge in [-0.05, 0) is 40.5 Å². The van der Waals surface area contributed by atoms with E-state index in [4.69, 9.17) is 5.73 Å². The highest BCUT2D eigenvalue weighted by molar-refractivity contribution is 9.11. The van der Waals surface area contributed by atoms with Crippen LogP contribution in [0.5, 0.6) is 0 Å². The summed E-state index contributed by atoms with van der Waals surface area (Å²) in [5.41, 5.74) is 5.48. The van der Waals surface area contributed by atoms with E-state index in [-0.39, 0.29) is 0 Å². The van der Waals surface area contributed by atoms with Crippen LogP contribution in [0.1, 0.15) is 11.8 Å². The third kappa shape index (κ3) is 4.21. The van der Waals surface area contributed by atoms with Gasteiger partial charge in [-0.2, -0.15) is 0 Å². The van der Waals surface area contributed by atoms with E-state index in [1.54, 1.807) is 11.3 Å². The topological polar surface area (TPSA) is 43.1 Å². The molecule has 1 heterocycles. The van der Waals surface area contributed by atoms with E-state index in [1.165, 1.54) is 4.88 Å². The summed E-state index contributed by atoms with van der Waals surface area (Å²) in [4.78, 5) is 1.17. The van der Waals surface area contributed by atoms with Crippen LogP contribution >= 0.6 is 27.3 Å². The van der Waals surface area contributed by atoms with Gasteiger partial charge in [0.1, 0.15) is 0 Å². The van der Waals surface area contributed by atoms with E-state index in [1.807, 2.05) is 19.1 Å². The van der Waals surface area contributed by atoms with Crippen molar-refractivity contribution in [2.24, 2.45) is 11.7 Å². The maximum atomic E-state index is 11.6. The second-order valence-corrected chi connectivity index (χ2v) is 7.35. The van der Waals surface area contributed by atoms with Gasteiger partial charge in [0.15, 0.2) is 0 Å². The van der Waals surface area contributed by atoms with Crippen LogP contribution in [0.3, 0.4) is 0 Å². The number of nitrogens with two attached hydrogens (primary N) is 1. The molecule has 0 aliphatic carbocycles. The quantitative estimate of drug-likeness (QED) is 0.906. The second-order valence-electron chi connectivity index (χ2n) is 3.30. The number of halogens is 1. The smallest absolute Gasteiger partial charge is 0.0701 e. The average Bonchev–Trinajstić information content (AvgIpc) is 2.50. The highest BCUT2D eigenvalue weighted by Gasteiger charge is 2.08. The van der Waals surface area contributed by atoms with Gasteiger partial charge in [0.2, 0.25) is 0 Å². The fourth-order valence-corrected chi connectivity index (χ4v) is 4.24. The standard InChI is InChI=1S/C9H14BrNOS2/c1-7(4-11)5-14(12)6-8-2-3-9(10)13-8/h2-3,7H,4-6,11H2,1H3. The number of hydrogen-bond donors (Lipinski definition) is 1. The van der Waals surface area contributed by atoms with Crippen LogP contribution < -0.4 is 5.73 Å². The van der Waals surface area contributed by atoms with Gasteiger partial charge in [0.05, 0.1) is 9.54 Å². The number of rotatable bonds is 5. The lowest BCUT2D eigenvalue weighted by Crippen LogP contribution is -2.18. The maximum absolute atomic E-state index is 11.6. The first kappa shape index (κ1) is 12.4. The minimum absolute atomic E-state index is 0.347. The molecule has 2 nitrogen and oxygen atoms in total. The van der Waals surface area contributed by atoms with Gasteiger partial charge < -0.3 is 5.73 Å². The Kier molecular flexibility index (Phi) is 5.30. The first-order chi connectivity index (χ1) is 6.61. The van der Waals surface area contributed by atoms with E-state index in [0.29, 0.717) is 24.0 Å². The molecule has 2 unspecified atom stereocenters. The first-order valence-corrected chi connectivity index (χ1v) is 7.51. The van der Waals surface area contributed by atoms with Crippen molar-refractivity contribution < 1.29 is 4.21 Å². The van der Waals surface area contributed by atoms with Gasteiger partial charge in [-0.1, -0.05) is 6.92 Å². The lowest BCUT2D eigenvalue weighted by atomic mass is 10.2. The molecule has 0 bridgehead atoms. The molecule has 0 saturated heterocycles. The Morgan fingerprint density at radius 3 is 2.86 bits per heavy atom. The van der Waals surface area contributed by atoms with E-state index in [0.717, 1.165) is 3.79 Å². The largest absolute Gasteiger partial charge is 0.330 e. The summed E-state index contributed by atoms with van der Waals surface area (Å²) in [7, 11) is -0.778. The molecule has 1 aromatic heterocycles. The highest BCUT2D eigenvalue weighted by Crippen LogP contribution is 2.23.